The SMILES string of the molecule is CC(C)c1ccn(C(c2ccccc2[S-])n2ccc(C(C)C)n2)n1.[Na+]. The Morgan fingerprint density at radius 1 is 0.800 bits per heavy atom. The maximum Gasteiger partial charge on any atom is 1.00 e. The van der Waals surface area contributed by atoms with Crippen molar-refractivity contribution in [2.45, 2.75) is 50.6 Å². The minimum absolute atomic E-state index is 0. The van der Waals surface area contributed by atoms with E-state index >= 15 is 0 Å². The van der Waals surface area contributed by atoms with Crippen molar-refractivity contribution < 1.29 is 29.6 Å². The van der Waals surface area contributed by atoms with E-state index < -0.39 is 0 Å². The zero-order valence-electron chi connectivity index (χ0n) is 15.5. The van der Waals surface area contributed by atoms with E-state index in [-0.39, 0.29) is 35.7 Å². The molecule has 3 rings (SSSR count). The summed E-state index contributed by atoms with van der Waals surface area (Å²) in [5.41, 5.74) is 3.17. The first-order chi connectivity index (χ1) is 11.5. The Morgan fingerprint density at radius 2 is 1.28 bits per heavy atom. The van der Waals surface area contributed by atoms with Crippen LogP contribution in [0.2, 0.25) is 0 Å². The van der Waals surface area contributed by atoms with Gasteiger partial charge in [0, 0.05) is 12.4 Å². The smallest absolute Gasteiger partial charge is 0.779 e. The molecule has 2 aromatic heterocycles. The van der Waals surface area contributed by atoms with Gasteiger partial charge in [-0.25, -0.2) is 9.36 Å². The molecule has 0 radical (unpaired) electrons. The van der Waals surface area contributed by atoms with Gasteiger partial charge in [-0.05, 0) is 29.5 Å². The average molecular weight is 362 g/mol. The first kappa shape index (κ1) is 20.2. The molecular weight excluding hydrogens is 339 g/mol. The van der Waals surface area contributed by atoms with Gasteiger partial charge in [-0.15, -0.1) is 0 Å². The molecule has 6 heteroatoms. The fraction of sp³-hybridized carbons (Fsp3) is 0.368. The summed E-state index contributed by atoms with van der Waals surface area (Å²) in [6.07, 6.45) is 3.86. The van der Waals surface area contributed by atoms with E-state index in [1.54, 1.807) is 0 Å². The van der Waals surface area contributed by atoms with E-state index in [9.17, 15) is 0 Å². The predicted octanol–water partition coefficient (Wildman–Crippen LogP) is 1.33. The Morgan fingerprint density at radius 3 is 1.68 bits per heavy atom. The van der Waals surface area contributed by atoms with Gasteiger partial charge in [0.05, 0.1) is 11.4 Å². The second kappa shape index (κ2) is 8.49. The zero-order valence-corrected chi connectivity index (χ0v) is 18.4. The van der Waals surface area contributed by atoms with Crippen LogP contribution in [0.3, 0.4) is 0 Å². The number of hydrogen-bond acceptors (Lipinski definition) is 3. The first-order valence-corrected chi connectivity index (χ1v) is 8.74. The molecule has 0 aliphatic rings. The summed E-state index contributed by atoms with van der Waals surface area (Å²) >= 11 is 5.56. The molecule has 0 saturated heterocycles. The van der Waals surface area contributed by atoms with Crippen LogP contribution in [0.15, 0.2) is 53.7 Å². The summed E-state index contributed by atoms with van der Waals surface area (Å²) in [6, 6.07) is 12.1. The summed E-state index contributed by atoms with van der Waals surface area (Å²) < 4.78 is 3.91. The molecule has 0 bridgehead atoms. The molecule has 0 aliphatic heterocycles. The van der Waals surface area contributed by atoms with Crippen LogP contribution in [0.25, 0.3) is 0 Å². The molecule has 3 aromatic rings. The third-order valence-corrected chi connectivity index (χ3v) is 4.51. The van der Waals surface area contributed by atoms with Gasteiger partial charge in [-0.2, -0.15) is 15.1 Å². The molecule has 126 valence electrons. The average Bonchev–Trinajstić information content (AvgIpc) is 3.19. The van der Waals surface area contributed by atoms with Crippen molar-refractivity contribution in [1.29, 1.82) is 0 Å². The molecule has 1 aromatic carbocycles. The fourth-order valence-corrected chi connectivity index (χ4v) is 2.95. The van der Waals surface area contributed by atoms with Gasteiger partial charge in [0.1, 0.15) is 0 Å². The van der Waals surface area contributed by atoms with Crippen molar-refractivity contribution in [1.82, 2.24) is 19.6 Å². The predicted molar refractivity (Wildman–Crippen MR) is 98.2 cm³/mol. The van der Waals surface area contributed by atoms with Crippen LogP contribution >= 0.6 is 0 Å². The number of hydrogen-bond donors (Lipinski definition) is 0. The Bertz CT molecular complexity index is 776. The molecule has 0 saturated carbocycles. The van der Waals surface area contributed by atoms with Crippen LogP contribution in [0.4, 0.5) is 0 Å². The van der Waals surface area contributed by atoms with E-state index in [1.807, 2.05) is 40.0 Å². The van der Waals surface area contributed by atoms with Crippen LogP contribution in [-0.2, 0) is 12.6 Å². The maximum absolute atomic E-state index is 5.56. The summed E-state index contributed by atoms with van der Waals surface area (Å²) in [4.78, 5) is 0.825. The Labute approximate surface area is 177 Å². The Hall–Kier alpha value is -1.14. The fourth-order valence-electron chi connectivity index (χ4n) is 2.69. The standard InChI is InChI=1S/C19H24N4S.Na/c1-13(2)16-9-11-22(20-16)19(15-7-5-6-8-18(15)24)23-12-10-17(21-23)14(3)4;/h5-14,19,24H,1-4H3;/q;+1/p-1. The zero-order chi connectivity index (χ0) is 17.3. The second-order valence-corrected chi connectivity index (χ2v) is 7.10. The molecule has 25 heavy (non-hydrogen) atoms. The van der Waals surface area contributed by atoms with E-state index in [0.717, 1.165) is 21.8 Å². The van der Waals surface area contributed by atoms with Crippen molar-refractivity contribution in [3.63, 3.8) is 0 Å². The summed E-state index contributed by atoms with van der Waals surface area (Å²) in [5.74, 6) is 0.768. The molecule has 0 unspecified atom stereocenters. The van der Waals surface area contributed by atoms with Crippen LogP contribution in [0.1, 0.15) is 62.6 Å². The molecule has 0 spiro atoms. The molecule has 4 nitrogen and oxygen atoms in total. The minimum Gasteiger partial charge on any atom is -0.779 e. The largest absolute Gasteiger partial charge is 1.00 e. The monoisotopic (exact) mass is 362 g/mol. The van der Waals surface area contributed by atoms with Crippen molar-refractivity contribution in [2.24, 2.45) is 0 Å². The van der Waals surface area contributed by atoms with Gasteiger partial charge < -0.3 is 12.6 Å². The second-order valence-electron chi connectivity index (χ2n) is 6.66. The van der Waals surface area contributed by atoms with E-state index in [4.69, 9.17) is 22.8 Å². The molecule has 0 aliphatic carbocycles. The number of rotatable bonds is 5. The van der Waals surface area contributed by atoms with Crippen molar-refractivity contribution in [3.8, 4) is 0 Å². The van der Waals surface area contributed by atoms with Gasteiger partial charge in [-0.3, -0.25) is 0 Å². The number of benzene rings is 1. The third-order valence-electron chi connectivity index (χ3n) is 4.14. The summed E-state index contributed by atoms with van der Waals surface area (Å²) in [5, 5.41) is 9.54. The van der Waals surface area contributed by atoms with Crippen LogP contribution in [0.5, 0.6) is 0 Å². The van der Waals surface area contributed by atoms with Crippen molar-refractivity contribution in [3.05, 3.63) is 65.7 Å². The number of aromatic nitrogens is 4. The van der Waals surface area contributed by atoms with Gasteiger partial charge in [0.2, 0.25) is 0 Å². The maximum atomic E-state index is 5.56. The van der Waals surface area contributed by atoms with Gasteiger partial charge in [-0.1, -0.05) is 52.0 Å². The molecular formula is C19H23N4NaS. The van der Waals surface area contributed by atoms with Crippen molar-refractivity contribution in [2.75, 3.05) is 0 Å². The number of nitrogens with zero attached hydrogens (tertiary/aromatic N) is 4. The van der Waals surface area contributed by atoms with Crippen molar-refractivity contribution >= 4 is 12.6 Å². The first-order valence-electron chi connectivity index (χ1n) is 8.33. The quantitative estimate of drug-likeness (QED) is 0.507. The van der Waals surface area contributed by atoms with E-state index in [1.165, 1.54) is 0 Å². The van der Waals surface area contributed by atoms with Crippen LogP contribution in [-0.4, -0.2) is 19.6 Å². The van der Waals surface area contributed by atoms with Crippen LogP contribution in [0, 0.1) is 0 Å². The Kier molecular flexibility index (Phi) is 6.86. The van der Waals surface area contributed by atoms with Gasteiger partial charge >= 0.3 is 29.6 Å². The van der Waals surface area contributed by atoms with Gasteiger partial charge in [0.25, 0.3) is 0 Å². The Balaban J connectivity index is 0.00000225. The molecule has 0 N–H and O–H groups in total. The van der Waals surface area contributed by atoms with Gasteiger partial charge in [0.15, 0.2) is 6.17 Å². The summed E-state index contributed by atoms with van der Waals surface area (Å²) in [7, 11) is 0. The topological polar surface area (TPSA) is 35.6 Å². The van der Waals surface area contributed by atoms with E-state index in [2.05, 4.69) is 45.9 Å². The molecule has 0 fully saturated rings. The molecule has 0 atom stereocenters. The third kappa shape index (κ3) is 4.34. The minimum atomic E-state index is -0.168. The normalized spacial score (nSPS) is 11.3. The summed E-state index contributed by atoms with van der Waals surface area (Å²) in [6.45, 7) is 8.59. The van der Waals surface area contributed by atoms with Crippen LogP contribution < -0.4 is 29.6 Å². The molecule has 0 amide bonds. The molecule has 2 heterocycles. The van der Waals surface area contributed by atoms with E-state index in [0.29, 0.717) is 11.8 Å².